The van der Waals surface area contributed by atoms with Crippen LogP contribution in [-0.2, 0) is 4.79 Å². The van der Waals surface area contributed by atoms with E-state index >= 15 is 0 Å². The smallest absolute Gasteiger partial charge is 0.139 e. The van der Waals surface area contributed by atoms with Crippen molar-refractivity contribution in [1.29, 1.82) is 0 Å². The Morgan fingerprint density at radius 2 is 1.94 bits per heavy atom. The van der Waals surface area contributed by atoms with E-state index in [0.29, 0.717) is 11.7 Å². The highest BCUT2D eigenvalue weighted by Crippen LogP contribution is 2.63. The monoisotopic (exact) mass is 259 g/mol. The number of halogens is 1. The van der Waals surface area contributed by atoms with Crippen LogP contribution in [0, 0.1) is 16.7 Å². The highest BCUT2D eigenvalue weighted by atomic mass is 35.5. The van der Waals surface area contributed by atoms with E-state index in [1.165, 1.54) is 6.42 Å². The Bertz CT molecular complexity index is 288. The molecule has 0 amide bonds. The van der Waals surface area contributed by atoms with Crippen molar-refractivity contribution in [3.05, 3.63) is 0 Å². The summed E-state index contributed by atoms with van der Waals surface area (Å²) in [7, 11) is 4.00. The number of alkyl halides is 1. The van der Waals surface area contributed by atoms with E-state index in [-0.39, 0.29) is 10.8 Å². The van der Waals surface area contributed by atoms with Crippen LogP contribution >= 0.6 is 11.6 Å². The topological polar surface area (TPSA) is 20.3 Å². The molecule has 2 fully saturated rings. The summed E-state index contributed by atoms with van der Waals surface area (Å²) in [5.74, 6) is 1.92. The molecule has 3 heteroatoms. The summed E-state index contributed by atoms with van der Waals surface area (Å²) in [5.41, 5.74) is 0.307. The Morgan fingerprint density at radius 3 is 2.06 bits per heavy atom. The van der Waals surface area contributed by atoms with Gasteiger partial charge in [0, 0.05) is 24.3 Å². The molecule has 0 aromatic rings. The Labute approximate surface area is 111 Å². The lowest BCUT2D eigenvalue weighted by Crippen LogP contribution is -2.32. The third-order valence-electron chi connectivity index (χ3n) is 5.01. The van der Waals surface area contributed by atoms with E-state index in [1.54, 1.807) is 0 Å². The predicted octanol–water partition coefficient (Wildman–Crippen LogP) is 3.19. The number of carbonyl (C=O) groups is 1. The number of Topliss-reactive ketones (excluding diaryl/α,β-unsaturated/α-hetero) is 1. The molecule has 2 unspecified atom stereocenters. The lowest BCUT2D eigenvalue weighted by Gasteiger charge is -2.32. The molecule has 2 saturated carbocycles. The number of hydrogen-bond acceptors (Lipinski definition) is 2. The Kier molecular flexibility index (Phi) is 4.65. The molecule has 2 atom stereocenters. The van der Waals surface area contributed by atoms with Crippen molar-refractivity contribution >= 4 is 17.4 Å². The molecule has 2 aliphatic rings. The quantitative estimate of drug-likeness (QED) is 0.710. The third-order valence-corrected chi connectivity index (χ3v) is 5.18. The van der Waals surface area contributed by atoms with Crippen molar-refractivity contribution in [2.45, 2.75) is 40.0 Å². The molecule has 0 saturated heterocycles. The number of hydrogen-bond donors (Lipinski definition) is 0. The maximum Gasteiger partial charge on any atom is 0.139 e. The van der Waals surface area contributed by atoms with Gasteiger partial charge in [0.25, 0.3) is 0 Å². The summed E-state index contributed by atoms with van der Waals surface area (Å²) in [5, 5.41) is 0. The maximum absolute atomic E-state index is 11.6. The first-order valence-corrected chi connectivity index (χ1v) is 7.03. The van der Waals surface area contributed by atoms with Crippen molar-refractivity contribution < 1.29 is 4.79 Å². The number of ketones is 1. The summed E-state index contributed by atoms with van der Waals surface area (Å²) >= 11 is 5.35. The van der Waals surface area contributed by atoms with Gasteiger partial charge in [-0.1, -0.05) is 20.8 Å². The van der Waals surface area contributed by atoms with Crippen molar-refractivity contribution in [3.8, 4) is 0 Å². The van der Waals surface area contributed by atoms with E-state index in [2.05, 4.69) is 20.8 Å². The van der Waals surface area contributed by atoms with Crippen LogP contribution in [-0.4, -0.2) is 37.2 Å². The number of fused-ring (bicyclic) bond motifs is 2. The minimum atomic E-state index is 0.0255. The second-order valence-electron chi connectivity index (χ2n) is 6.41. The number of nitrogens with zero attached hydrogens (tertiary/aromatic N) is 1. The zero-order valence-electron chi connectivity index (χ0n) is 11.8. The molecule has 0 heterocycles. The van der Waals surface area contributed by atoms with Crippen LogP contribution in [0.15, 0.2) is 0 Å². The van der Waals surface area contributed by atoms with Crippen LogP contribution in [0.5, 0.6) is 0 Å². The van der Waals surface area contributed by atoms with E-state index in [0.717, 1.165) is 25.3 Å². The van der Waals surface area contributed by atoms with Gasteiger partial charge in [0.1, 0.15) is 5.78 Å². The van der Waals surface area contributed by atoms with Crippen LogP contribution in [0.4, 0.5) is 0 Å². The molecule has 0 aromatic heterocycles. The predicted molar refractivity (Wildman–Crippen MR) is 73.5 cm³/mol. The summed E-state index contributed by atoms with van der Waals surface area (Å²) in [4.78, 5) is 13.6. The fourth-order valence-corrected chi connectivity index (χ4v) is 3.41. The molecular weight excluding hydrogens is 234 g/mol. The van der Waals surface area contributed by atoms with Gasteiger partial charge in [-0.15, -0.1) is 11.6 Å². The maximum atomic E-state index is 11.6. The molecule has 2 bridgehead atoms. The molecule has 0 aromatic carbocycles. The molecular formula is C14H26ClNO. The number of rotatable bonds is 2. The molecule has 0 radical (unpaired) electrons. The minimum Gasteiger partial charge on any atom is -0.308 e. The van der Waals surface area contributed by atoms with Gasteiger partial charge in [0.15, 0.2) is 0 Å². The van der Waals surface area contributed by atoms with Crippen LogP contribution < -0.4 is 0 Å². The molecule has 2 nitrogen and oxygen atoms in total. The fraction of sp³-hybridized carbons (Fsp3) is 0.929. The van der Waals surface area contributed by atoms with E-state index in [4.69, 9.17) is 11.6 Å². The average Bonchev–Trinajstić information content (AvgIpc) is 2.51. The highest BCUT2D eigenvalue weighted by molar-refractivity contribution is 6.18. The second-order valence-corrected chi connectivity index (χ2v) is 6.79. The standard InChI is InChI=1S/C10H16O.C4H10ClN/c1-9(2)7-4-5-10(9,3)8(11)6-7;1-6(2)4-3-5/h7H,4-6H2,1-3H3;3-4H2,1-2H3. The lowest BCUT2D eigenvalue weighted by molar-refractivity contribution is -0.128. The summed E-state index contributed by atoms with van der Waals surface area (Å²) in [6.45, 7) is 7.65. The lowest BCUT2D eigenvalue weighted by atomic mass is 9.70. The van der Waals surface area contributed by atoms with Gasteiger partial charge in [-0.25, -0.2) is 0 Å². The van der Waals surface area contributed by atoms with Gasteiger partial charge in [0.05, 0.1) is 0 Å². The van der Waals surface area contributed by atoms with E-state index in [9.17, 15) is 4.79 Å². The van der Waals surface area contributed by atoms with Crippen molar-refractivity contribution in [2.24, 2.45) is 16.7 Å². The molecule has 0 N–H and O–H groups in total. The van der Waals surface area contributed by atoms with Crippen molar-refractivity contribution in [1.82, 2.24) is 4.90 Å². The molecule has 0 spiro atoms. The molecule has 17 heavy (non-hydrogen) atoms. The second kappa shape index (κ2) is 5.27. The SMILES string of the molecule is CC12CCC(CC1=O)C2(C)C.CN(C)CCCl. The summed E-state index contributed by atoms with van der Waals surface area (Å²) < 4.78 is 0. The van der Waals surface area contributed by atoms with Gasteiger partial charge >= 0.3 is 0 Å². The first-order valence-electron chi connectivity index (χ1n) is 6.49. The molecule has 2 rings (SSSR count). The van der Waals surface area contributed by atoms with Crippen LogP contribution in [0.3, 0.4) is 0 Å². The zero-order valence-corrected chi connectivity index (χ0v) is 12.6. The van der Waals surface area contributed by atoms with E-state index < -0.39 is 0 Å². The van der Waals surface area contributed by atoms with Gasteiger partial charge in [-0.05, 0) is 38.3 Å². The normalized spacial score (nSPS) is 33.8. The van der Waals surface area contributed by atoms with Crippen LogP contribution in [0.2, 0.25) is 0 Å². The van der Waals surface area contributed by atoms with Gasteiger partial charge in [-0.2, -0.15) is 0 Å². The average molecular weight is 260 g/mol. The zero-order chi connectivity index (χ0) is 13.3. The van der Waals surface area contributed by atoms with Gasteiger partial charge in [-0.3, -0.25) is 4.79 Å². The van der Waals surface area contributed by atoms with Crippen LogP contribution in [0.25, 0.3) is 0 Å². The van der Waals surface area contributed by atoms with Crippen molar-refractivity contribution in [3.63, 3.8) is 0 Å². The Balaban J connectivity index is 0.000000209. The van der Waals surface area contributed by atoms with E-state index in [1.807, 2.05) is 19.0 Å². The molecule has 2 aliphatic carbocycles. The summed E-state index contributed by atoms with van der Waals surface area (Å²) in [6, 6.07) is 0. The third kappa shape index (κ3) is 2.68. The largest absolute Gasteiger partial charge is 0.308 e. The first-order chi connectivity index (χ1) is 7.75. The Hall–Kier alpha value is -0.0800. The first kappa shape index (κ1) is 15.0. The Morgan fingerprint density at radius 1 is 1.35 bits per heavy atom. The highest BCUT2D eigenvalue weighted by Gasteiger charge is 2.61. The van der Waals surface area contributed by atoms with Gasteiger partial charge < -0.3 is 4.90 Å². The van der Waals surface area contributed by atoms with Crippen LogP contribution in [0.1, 0.15) is 40.0 Å². The van der Waals surface area contributed by atoms with Gasteiger partial charge in [0.2, 0.25) is 0 Å². The molecule has 100 valence electrons. The fourth-order valence-electron chi connectivity index (χ4n) is 3.07. The minimum absolute atomic E-state index is 0.0255. The van der Waals surface area contributed by atoms with Crippen molar-refractivity contribution in [2.75, 3.05) is 26.5 Å². The summed E-state index contributed by atoms with van der Waals surface area (Å²) in [6.07, 6.45) is 3.25. The molecule has 0 aliphatic heterocycles. The number of carbonyl (C=O) groups excluding carboxylic acids is 1.